The van der Waals surface area contributed by atoms with E-state index < -0.39 is 13.5 Å². The molecule has 0 saturated heterocycles. The second kappa shape index (κ2) is 17.6. The highest BCUT2D eigenvalue weighted by molar-refractivity contribution is 7.19. The fourth-order valence-corrected chi connectivity index (χ4v) is 18.3. The van der Waals surface area contributed by atoms with Crippen LogP contribution in [0.25, 0.3) is 77.2 Å². The maximum absolute atomic E-state index is 2.72. The molecule has 2 heterocycles. The first kappa shape index (κ1) is 44.0. The first-order valence-electron chi connectivity index (χ1n) is 26.4. The van der Waals surface area contributed by atoms with Gasteiger partial charge in [0.05, 0.1) is 27.5 Å². The van der Waals surface area contributed by atoms with Crippen molar-refractivity contribution in [3.05, 3.63) is 326 Å². The molecule has 12 aromatic carbocycles. The Balaban J connectivity index is 0.942. The van der Waals surface area contributed by atoms with E-state index in [-0.39, 0.29) is 0 Å². The molecule has 3 heteroatoms. The van der Waals surface area contributed by atoms with Gasteiger partial charge in [-0.25, -0.2) is 0 Å². The summed E-state index contributed by atoms with van der Waals surface area (Å²) in [7, 11) is -2.72. The quantitative estimate of drug-likeness (QED) is 0.101. The highest BCUT2D eigenvalue weighted by atomic mass is 28.3. The molecule has 0 aliphatic heterocycles. The minimum absolute atomic E-state index is 0.545. The van der Waals surface area contributed by atoms with Crippen LogP contribution < -0.4 is 20.7 Å². The Morgan fingerprint density at radius 1 is 0.263 bits per heavy atom. The summed E-state index contributed by atoms with van der Waals surface area (Å²) < 4.78 is 4.98. The number of rotatable bonds is 9. The third-order valence-electron chi connectivity index (χ3n) is 16.6. The molecule has 1 aliphatic rings. The monoisotopic (exact) mass is 982 g/mol. The lowest BCUT2D eigenvalue weighted by atomic mass is 9.66. The van der Waals surface area contributed by atoms with E-state index in [0.29, 0.717) is 0 Å². The van der Waals surface area contributed by atoms with Gasteiger partial charge in [0.2, 0.25) is 0 Å². The Kier molecular flexibility index (Phi) is 10.2. The highest BCUT2D eigenvalue weighted by Crippen LogP contribution is 2.59. The Labute approximate surface area is 443 Å². The average molecular weight is 983 g/mol. The van der Waals surface area contributed by atoms with E-state index in [1.165, 1.54) is 109 Å². The Morgan fingerprint density at radius 3 is 1.29 bits per heavy atom. The summed E-state index contributed by atoms with van der Waals surface area (Å²) in [6.07, 6.45) is 0. The lowest BCUT2D eigenvalue weighted by Gasteiger charge is -2.35. The second-order valence-corrected chi connectivity index (χ2v) is 24.1. The number of nitrogens with zero attached hydrogens (tertiary/aromatic N) is 2. The van der Waals surface area contributed by atoms with Crippen molar-refractivity contribution >= 4 is 72.4 Å². The molecular formula is C73H50N2Si. The van der Waals surface area contributed by atoms with Crippen LogP contribution in [0.4, 0.5) is 0 Å². The summed E-state index contributed by atoms with van der Waals surface area (Å²) >= 11 is 0. The van der Waals surface area contributed by atoms with Crippen molar-refractivity contribution in [3.8, 4) is 33.6 Å². The first-order chi connectivity index (χ1) is 37.7. The summed E-state index contributed by atoms with van der Waals surface area (Å²) in [6, 6.07) is 113. The van der Waals surface area contributed by atoms with Gasteiger partial charge in [0.25, 0.3) is 0 Å². The largest absolute Gasteiger partial charge is 0.309 e. The van der Waals surface area contributed by atoms with Crippen LogP contribution in [-0.2, 0) is 5.41 Å². The van der Waals surface area contributed by atoms with Crippen LogP contribution >= 0.6 is 0 Å². The second-order valence-electron chi connectivity index (χ2n) is 20.3. The molecular weight excluding hydrogens is 933 g/mol. The molecule has 0 saturated carbocycles. The van der Waals surface area contributed by atoms with Crippen molar-refractivity contribution in [2.24, 2.45) is 0 Å². The van der Waals surface area contributed by atoms with Gasteiger partial charge in [0, 0.05) is 32.9 Å². The number of benzene rings is 12. The van der Waals surface area contributed by atoms with Crippen molar-refractivity contribution < 1.29 is 0 Å². The van der Waals surface area contributed by atoms with Gasteiger partial charge in [-0.2, -0.15) is 0 Å². The Hall–Kier alpha value is -9.54. The van der Waals surface area contributed by atoms with Crippen LogP contribution in [0.1, 0.15) is 22.3 Å². The predicted molar refractivity (Wildman–Crippen MR) is 321 cm³/mol. The van der Waals surface area contributed by atoms with Crippen molar-refractivity contribution in [1.82, 2.24) is 9.13 Å². The molecule has 0 amide bonds. The molecule has 15 rings (SSSR count). The zero-order chi connectivity index (χ0) is 50.2. The van der Waals surface area contributed by atoms with Gasteiger partial charge in [0.15, 0.2) is 8.07 Å². The topological polar surface area (TPSA) is 9.86 Å². The fourth-order valence-electron chi connectivity index (χ4n) is 13.6. The SMILES string of the molecule is c1ccc(C2(c3ccccc3)c3ccccc3-c3cccc(-c4cccc5c4c4ccccc4n5-c4ccc5c6ccccc6n(-c6ccc([Si](c7ccccc7)(c7ccccc7)c7ccccc7)cc6)c5c4)c32)cc1. The molecule has 0 unspecified atom stereocenters. The van der Waals surface area contributed by atoms with Gasteiger partial charge in [-0.1, -0.05) is 261 Å². The number of para-hydroxylation sites is 2. The van der Waals surface area contributed by atoms with Crippen molar-refractivity contribution in [2.45, 2.75) is 5.41 Å². The van der Waals surface area contributed by atoms with E-state index in [4.69, 9.17) is 0 Å². The number of aromatic nitrogens is 2. The van der Waals surface area contributed by atoms with E-state index >= 15 is 0 Å². The molecule has 14 aromatic rings. The minimum atomic E-state index is -2.72. The summed E-state index contributed by atoms with van der Waals surface area (Å²) in [5.41, 5.74) is 16.6. The van der Waals surface area contributed by atoms with Crippen LogP contribution in [0.2, 0.25) is 0 Å². The molecule has 0 fully saturated rings. The van der Waals surface area contributed by atoms with E-state index in [2.05, 4.69) is 312 Å². The van der Waals surface area contributed by atoms with Gasteiger partial charge >= 0.3 is 0 Å². The van der Waals surface area contributed by atoms with Crippen molar-refractivity contribution in [3.63, 3.8) is 0 Å². The van der Waals surface area contributed by atoms with E-state index in [0.717, 1.165) is 11.4 Å². The zero-order valence-electron chi connectivity index (χ0n) is 41.8. The van der Waals surface area contributed by atoms with E-state index in [1.807, 2.05) is 0 Å². The molecule has 356 valence electrons. The molecule has 0 atom stereocenters. The first-order valence-corrected chi connectivity index (χ1v) is 28.4. The molecule has 0 bridgehead atoms. The van der Waals surface area contributed by atoms with Gasteiger partial charge in [-0.05, 0) is 108 Å². The normalized spacial score (nSPS) is 12.8. The van der Waals surface area contributed by atoms with Crippen LogP contribution in [0.5, 0.6) is 0 Å². The molecule has 2 nitrogen and oxygen atoms in total. The average Bonchev–Trinajstić information content (AvgIpc) is 4.28. The molecule has 0 N–H and O–H groups in total. The summed E-state index contributed by atoms with van der Waals surface area (Å²) in [6.45, 7) is 0. The van der Waals surface area contributed by atoms with Gasteiger partial charge < -0.3 is 9.13 Å². The maximum Gasteiger partial charge on any atom is 0.179 e. The van der Waals surface area contributed by atoms with Crippen molar-refractivity contribution in [1.29, 1.82) is 0 Å². The standard InChI is InChI=1S/C73H50N2Si/c1-6-24-51(25-7-1)73(52-26-8-2-9-27-52)66-40-19-16-34-59(66)63-38-22-39-64(72(63)73)62-37-23-43-69-71(62)65-36-18-21-42-68(65)75(69)54-46-49-61-60-35-17-20-41-67(60)74(70(61)50-54)53-44-47-58(48-45-53)76(55-28-10-3-11-29-55,56-30-12-4-13-31-56)57-32-14-5-15-33-57/h1-50H. The lowest BCUT2D eigenvalue weighted by Crippen LogP contribution is -2.74. The maximum atomic E-state index is 2.50. The molecule has 76 heavy (non-hydrogen) atoms. The molecule has 0 radical (unpaired) electrons. The fraction of sp³-hybridized carbons (Fsp3) is 0.0137. The molecule has 0 spiro atoms. The van der Waals surface area contributed by atoms with Crippen molar-refractivity contribution in [2.75, 3.05) is 0 Å². The Bertz CT molecular complexity index is 4350. The highest BCUT2D eigenvalue weighted by Gasteiger charge is 2.48. The minimum Gasteiger partial charge on any atom is -0.309 e. The van der Waals surface area contributed by atoms with E-state index in [9.17, 15) is 0 Å². The number of fused-ring (bicyclic) bond motifs is 9. The summed E-state index contributed by atoms with van der Waals surface area (Å²) in [4.78, 5) is 0. The summed E-state index contributed by atoms with van der Waals surface area (Å²) in [5.74, 6) is 0. The zero-order valence-corrected chi connectivity index (χ0v) is 42.8. The smallest absolute Gasteiger partial charge is 0.179 e. The number of hydrogen-bond donors (Lipinski definition) is 0. The van der Waals surface area contributed by atoms with Crippen LogP contribution in [0.15, 0.2) is 303 Å². The third kappa shape index (κ3) is 6.33. The number of hydrogen-bond acceptors (Lipinski definition) is 0. The third-order valence-corrected chi connectivity index (χ3v) is 21.4. The predicted octanol–water partition coefficient (Wildman–Crippen LogP) is 15.3. The van der Waals surface area contributed by atoms with E-state index in [1.54, 1.807) is 0 Å². The molecule has 2 aromatic heterocycles. The van der Waals surface area contributed by atoms with Crippen LogP contribution in [-0.4, -0.2) is 17.2 Å². The van der Waals surface area contributed by atoms with Crippen LogP contribution in [0.3, 0.4) is 0 Å². The molecule has 1 aliphatic carbocycles. The van der Waals surface area contributed by atoms with Gasteiger partial charge in [-0.15, -0.1) is 0 Å². The lowest BCUT2D eigenvalue weighted by molar-refractivity contribution is 0.770. The Morgan fingerprint density at radius 2 is 0.671 bits per heavy atom. The van der Waals surface area contributed by atoms with Crippen LogP contribution in [0, 0.1) is 0 Å². The van der Waals surface area contributed by atoms with Gasteiger partial charge in [0.1, 0.15) is 0 Å². The summed E-state index contributed by atoms with van der Waals surface area (Å²) in [5, 5.41) is 10.4. The van der Waals surface area contributed by atoms with Gasteiger partial charge in [-0.3, -0.25) is 0 Å².